The van der Waals surface area contributed by atoms with Crippen LogP contribution in [0.1, 0.15) is 12.8 Å². The molecular formula is C6H9F3O3. The van der Waals surface area contributed by atoms with E-state index in [1.54, 1.807) is 0 Å². The molecule has 0 rings (SSSR count). The molecule has 0 spiro atoms. The molecule has 0 unspecified atom stereocenters. The highest BCUT2D eigenvalue weighted by Crippen LogP contribution is 2.23. The third-order valence-electron chi connectivity index (χ3n) is 1.28. The zero-order valence-electron chi connectivity index (χ0n) is 6.08. The molecule has 72 valence electrons. The third-order valence-corrected chi connectivity index (χ3v) is 1.28. The number of alkyl halides is 3. The average molecular weight is 186 g/mol. The van der Waals surface area contributed by atoms with Gasteiger partial charge in [0.2, 0.25) is 0 Å². The van der Waals surface area contributed by atoms with Crippen LogP contribution in [0.5, 0.6) is 0 Å². The lowest BCUT2D eigenvalue weighted by Gasteiger charge is -2.19. The van der Waals surface area contributed by atoms with Crippen LogP contribution in [0.25, 0.3) is 0 Å². The van der Waals surface area contributed by atoms with Crippen molar-refractivity contribution in [2.24, 2.45) is 0 Å². The molecule has 0 aliphatic heterocycles. The lowest BCUT2D eigenvalue weighted by molar-refractivity contribution is -0.230. The molecule has 0 heterocycles. The normalized spacial score (nSPS) is 17.1. The zero-order chi connectivity index (χ0) is 9.78. The molecule has 6 heteroatoms. The second kappa shape index (κ2) is 4.42. The molecule has 0 aromatic rings. The van der Waals surface area contributed by atoms with Crippen molar-refractivity contribution in [3.05, 3.63) is 0 Å². The maximum absolute atomic E-state index is 11.6. The number of aldehydes is 1. The monoisotopic (exact) mass is 186 g/mol. The van der Waals surface area contributed by atoms with E-state index in [4.69, 9.17) is 10.2 Å². The summed E-state index contributed by atoms with van der Waals surface area (Å²) in [5.41, 5.74) is 0. The third kappa shape index (κ3) is 3.68. The molecule has 0 aliphatic rings. The fourth-order valence-corrected chi connectivity index (χ4v) is 0.615. The van der Waals surface area contributed by atoms with E-state index in [9.17, 15) is 18.0 Å². The summed E-state index contributed by atoms with van der Waals surface area (Å²) >= 11 is 0. The lowest BCUT2D eigenvalue weighted by atomic mass is 10.1. The number of carbonyl (C=O) groups is 1. The van der Waals surface area contributed by atoms with Gasteiger partial charge in [0.15, 0.2) is 6.10 Å². The smallest absolute Gasteiger partial charge is 0.390 e. The van der Waals surface area contributed by atoms with Crippen LogP contribution in [-0.2, 0) is 4.79 Å². The second-order valence-corrected chi connectivity index (χ2v) is 2.30. The van der Waals surface area contributed by atoms with E-state index in [0.717, 1.165) is 0 Å². The number of carbonyl (C=O) groups excluding carboxylic acids is 1. The molecule has 2 atom stereocenters. The Morgan fingerprint density at radius 2 is 1.83 bits per heavy atom. The fourth-order valence-electron chi connectivity index (χ4n) is 0.615. The average Bonchev–Trinajstić information content (AvgIpc) is 1.97. The Morgan fingerprint density at radius 3 is 2.17 bits per heavy atom. The van der Waals surface area contributed by atoms with Gasteiger partial charge in [-0.15, -0.1) is 0 Å². The molecule has 0 aromatic heterocycles. The number of hydrogen-bond acceptors (Lipinski definition) is 3. The van der Waals surface area contributed by atoms with Crippen molar-refractivity contribution >= 4 is 6.29 Å². The summed E-state index contributed by atoms with van der Waals surface area (Å²) in [4.78, 5) is 9.71. The summed E-state index contributed by atoms with van der Waals surface area (Å²) in [6.45, 7) is 0. The molecule has 0 amide bonds. The largest absolute Gasteiger partial charge is 0.416 e. The Balaban J connectivity index is 3.92. The minimum atomic E-state index is -4.83. The summed E-state index contributed by atoms with van der Waals surface area (Å²) in [7, 11) is 0. The molecule has 12 heavy (non-hydrogen) atoms. The van der Waals surface area contributed by atoms with E-state index < -0.39 is 18.4 Å². The van der Waals surface area contributed by atoms with Gasteiger partial charge in [0.25, 0.3) is 0 Å². The molecule has 0 bridgehead atoms. The van der Waals surface area contributed by atoms with E-state index in [2.05, 4.69) is 0 Å². The highest BCUT2D eigenvalue weighted by atomic mass is 19.4. The van der Waals surface area contributed by atoms with Crippen LogP contribution in [0.3, 0.4) is 0 Å². The SMILES string of the molecule is O=CCC[C@H](O)[C@@H](O)C(F)(F)F. The zero-order valence-corrected chi connectivity index (χ0v) is 6.08. The van der Waals surface area contributed by atoms with Gasteiger partial charge in [0.1, 0.15) is 6.29 Å². The van der Waals surface area contributed by atoms with E-state index in [1.807, 2.05) is 0 Å². The van der Waals surface area contributed by atoms with Crippen LogP contribution in [0.4, 0.5) is 13.2 Å². The summed E-state index contributed by atoms with van der Waals surface area (Å²) < 4.78 is 34.9. The highest BCUT2D eigenvalue weighted by molar-refractivity contribution is 5.49. The molecule has 2 N–H and O–H groups in total. The highest BCUT2D eigenvalue weighted by Gasteiger charge is 2.42. The Bertz CT molecular complexity index is 145. The van der Waals surface area contributed by atoms with Gasteiger partial charge in [-0.25, -0.2) is 0 Å². The van der Waals surface area contributed by atoms with E-state index in [0.29, 0.717) is 6.29 Å². The predicted octanol–water partition coefficient (Wildman–Crippen LogP) is 0.250. The minimum Gasteiger partial charge on any atom is -0.390 e. The maximum Gasteiger partial charge on any atom is 0.416 e. The summed E-state index contributed by atoms with van der Waals surface area (Å²) in [6.07, 6.45) is -9.72. The Hall–Kier alpha value is -0.620. The number of halogens is 3. The first-order chi connectivity index (χ1) is 5.39. The fraction of sp³-hybridized carbons (Fsp3) is 0.833. The van der Waals surface area contributed by atoms with Crippen molar-refractivity contribution in [1.82, 2.24) is 0 Å². The van der Waals surface area contributed by atoms with E-state index >= 15 is 0 Å². The maximum atomic E-state index is 11.6. The molecule has 0 radical (unpaired) electrons. The van der Waals surface area contributed by atoms with Gasteiger partial charge in [-0.1, -0.05) is 0 Å². The summed E-state index contributed by atoms with van der Waals surface area (Å²) in [5.74, 6) is 0. The molecule has 0 aliphatic carbocycles. The van der Waals surface area contributed by atoms with Gasteiger partial charge in [-0.05, 0) is 6.42 Å². The quantitative estimate of drug-likeness (QED) is 0.619. The van der Waals surface area contributed by atoms with Crippen molar-refractivity contribution in [1.29, 1.82) is 0 Å². The van der Waals surface area contributed by atoms with Crippen LogP contribution in [0.15, 0.2) is 0 Å². The number of hydrogen-bond donors (Lipinski definition) is 2. The van der Waals surface area contributed by atoms with Gasteiger partial charge < -0.3 is 15.0 Å². The minimum absolute atomic E-state index is 0.200. The first-order valence-corrected chi connectivity index (χ1v) is 3.26. The van der Waals surface area contributed by atoms with Crippen LogP contribution < -0.4 is 0 Å². The van der Waals surface area contributed by atoms with Crippen LogP contribution in [0.2, 0.25) is 0 Å². The molecule has 0 fully saturated rings. The number of aliphatic hydroxyl groups is 2. The standard InChI is InChI=1S/C6H9F3O3/c7-6(8,9)5(12)4(11)2-1-3-10/h3-5,11-12H,1-2H2/t4-,5+/m0/s1. The van der Waals surface area contributed by atoms with Gasteiger partial charge >= 0.3 is 6.18 Å². The molecule has 3 nitrogen and oxygen atoms in total. The van der Waals surface area contributed by atoms with E-state index in [-0.39, 0.29) is 12.8 Å². The Morgan fingerprint density at radius 1 is 1.33 bits per heavy atom. The summed E-state index contributed by atoms with van der Waals surface area (Å²) in [6, 6.07) is 0. The van der Waals surface area contributed by atoms with Crippen molar-refractivity contribution in [2.75, 3.05) is 0 Å². The molecule has 0 aromatic carbocycles. The van der Waals surface area contributed by atoms with Crippen molar-refractivity contribution < 1.29 is 28.2 Å². The van der Waals surface area contributed by atoms with Gasteiger partial charge in [-0.2, -0.15) is 13.2 Å². The molecule has 0 saturated carbocycles. The Labute approximate surface area is 66.8 Å². The van der Waals surface area contributed by atoms with Crippen molar-refractivity contribution in [3.8, 4) is 0 Å². The van der Waals surface area contributed by atoms with Crippen molar-refractivity contribution in [2.45, 2.75) is 31.2 Å². The second-order valence-electron chi connectivity index (χ2n) is 2.30. The Kier molecular flexibility index (Phi) is 4.19. The lowest BCUT2D eigenvalue weighted by Crippen LogP contribution is -2.39. The molecular weight excluding hydrogens is 177 g/mol. The molecule has 0 saturated heterocycles. The number of aliphatic hydroxyl groups excluding tert-OH is 2. The number of rotatable bonds is 4. The van der Waals surface area contributed by atoms with E-state index in [1.165, 1.54) is 0 Å². The first-order valence-electron chi connectivity index (χ1n) is 3.26. The first kappa shape index (κ1) is 11.4. The van der Waals surface area contributed by atoms with Crippen LogP contribution in [-0.4, -0.2) is 34.9 Å². The van der Waals surface area contributed by atoms with Crippen LogP contribution in [0, 0.1) is 0 Å². The topological polar surface area (TPSA) is 57.5 Å². The summed E-state index contributed by atoms with van der Waals surface area (Å²) in [5, 5.41) is 17.0. The predicted molar refractivity (Wildman–Crippen MR) is 33.4 cm³/mol. The van der Waals surface area contributed by atoms with Gasteiger partial charge in [-0.3, -0.25) is 0 Å². The van der Waals surface area contributed by atoms with Crippen molar-refractivity contribution in [3.63, 3.8) is 0 Å². The van der Waals surface area contributed by atoms with Gasteiger partial charge in [0, 0.05) is 6.42 Å². The van der Waals surface area contributed by atoms with Gasteiger partial charge in [0.05, 0.1) is 6.10 Å². The van der Waals surface area contributed by atoms with Crippen LogP contribution >= 0.6 is 0 Å².